The molecule has 0 aliphatic carbocycles. The molecule has 20 heavy (non-hydrogen) atoms. The smallest absolute Gasteiger partial charge is 0.222 e. The highest BCUT2D eigenvalue weighted by Crippen LogP contribution is 2.40. The monoisotopic (exact) mass is 298 g/mol. The molecule has 1 aliphatic heterocycles. The van der Waals surface area contributed by atoms with Gasteiger partial charge in [-0.1, -0.05) is 0 Å². The van der Waals surface area contributed by atoms with E-state index in [1.54, 1.807) is 5.38 Å². The summed E-state index contributed by atoms with van der Waals surface area (Å²) in [6.45, 7) is -0.379. The first kappa shape index (κ1) is 13.5. The summed E-state index contributed by atoms with van der Waals surface area (Å²) in [4.78, 5) is 7.98. The van der Waals surface area contributed by atoms with Crippen LogP contribution in [0.15, 0.2) is 5.38 Å². The maximum Gasteiger partial charge on any atom is 0.222 e. The van der Waals surface area contributed by atoms with Crippen LogP contribution in [0, 0.1) is 0 Å². The second kappa shape index (κ2) is 4.79. The van der Waals surface area contributed by atoms with Crippen molar-refractivity contribution >= 4 is 33.3 Å². The van der Waals surface area contributed by atoms with E-state index < -0.39 is 24.4 Å². The van der Waals surface area contributed by atoms with E-state index in [9.17, 15) is 10.2 Å². The number of aliphatic hydroxyl groups excluding tert-OH is 3. The third-order valence-corrected chi connectivity index (χ3v) is 4.35. The van der Waals surface area contributed by atoms with E-state index in [1.165, 1.54) is 11.3 Å². The summed E-state index contributed by atoms with van der Waals surface area (Å²) in [5.41, 5.74) is 12.4. The van der Waals surface area contributed by atoms with Gasteiger partial charge in [-0.25, -0.2) is 4.98 Å². The topological polar surface area (TPSA) is 148 Å². The number of hydrogen-bond acceptors (Lipinski definition) is 9. The molecule has 9 heteroatoms. The highest BCUT2D eigenvalue weighted by atomic mass is 32.1. The number of aromatic nitrogens is 2. The summed E-state index contributed by atoms with van der Waals surface area (Å²) in [7, 11) is 0. The van der Waals surface area contributed by atoms with Crippen molar-refractivity contribution in [2.24, 2.45) is 0 Å². The number of nitrogen functional groups attached to an aromatic ring is 2. The molecule has 0 aromatic carbocycles. The Labute approximate surface area is 117 Å². The molecular formula is C11H14N4O4S. The van der Waals surface area contributed by atoms with Crippen molar-refractivity contribution in [1.82, 2.24) is 9.97 Å². The fourth-order valence-electron chi connectivity index (χ4n) is 2.33. The van der Waals surface area contributed by atoms with Gasteiger partial charge in [-0.3, -0.25) is 0 Å². The van der Waals surface area contributed by atoms with E-state index >= 15 is 0 Å². The first-order valence-electron chi connectivity index (χ1n) is 5.95. The predicted octanol–water partition coefficient (Wildman–Crippen LogP) is -0.990. The van der Waals surface area contributed by atoms with Gasteiger partial charge in [0, 0.05) is 5.56 Å². The van der Waals surface area contributed by atoms with Crippen molar-refractivity contribution in [3.05, 3.63) is 10.9 Å². The third kappa shape index (κ3) is 1.91. The first-order chi connectivity index (χ1) is 9.52. The Morgan fingerprint density at radius 1 is 1.25 bits per heavy atom. The van der Waals surface area contributed by atoms with E-state index in [0.29, 0.717) is 15.8 Å². The van der Waals surface area contributed by atoms with Crippen molar-refractivity contribution in [2.45, 2.75) is 24.4 Å². The number of rotatable bonds is 2. The molecule has 4 atom stereocenters. The van der Waals surface area contributed by atoms with Gasteiger partial charge in [0.1, 0.15) is 30.2 Å². The molecule has 2 aromatic rings. The van der Waals surface area contributed by atoms with Gasteiger partial charge in [-0.15, -0.1) is 11.3 Å². The van der Waals surface area contributed by atoms with Crippen LogP contribution in [-0.4, -0.2) is 50.2 Å². The van der Waals surface area contributed by atoms with E-state index in [1.807, 2.05) is 0 Å². The number of nitrogens with two attached hydrogens (primary N) is 2. The zero-order valence-electron chi connectivity index (χ0n) is 10.3. The lowest BCUT2D eigenvalue weighted by atomic mass is 10.0. The van der Waals surface area contributed by atoms with Gasteiger partial charge in [0.2, 0.25) is 5.95 Å². The maximum absolute atomic E-state index is 10.0. The molecule has 0 bridgehead atoms. The fraction of sp³-hybridized carbons (Fsp3) is 0.455. The van der Waals surface area contributed by atoms with Crippen LogP contribution in [0.4, 0.5) is 11.8 Å². The van der Waals surface area contributed by atoms with Gasteiger partial charge >= 0.3 is 0 Å². The number of ether oxygens (including phenoxy) is 1. The minimum Gasteiger partial charge on any atom is -0.394 e. The van der Waals surface area contributed by atoms with Crippen molar-refractivity contribution in [2.75, 3.05) is 18.1 Å². The molecule has 8 nitrogen and oxygen atoms in total. The van der Waals surface area contributed by atoms with Crippen LogP contribution < -0.4 is 11.5 Å². The van der Waals surface area contributed by atoms with E-state index in [4.69, 9.17) is 21.3 Å². The molecular weight excluding hydrogens is 284 g/mol. The van der Waals surface area contributed by atoms with Crippen LogP contribution in [0.25, 0.3) is 10.2 Å². The Bertz CT molecular complexity index is 649. The van der Waals surface area contributed by atoms with Crippen LogP contribution in [0.5, 0.6) is 0 Å². The highest BCUT2D eigenvalue weighted by molar-refractivity contribution is 7.18. The van der Waals surface area contributed by atoms with Crippen molar-refractivity contribution in [3.63, 3.8) is 0 Å². The number of hydrogen-bond donors (Lipinski definition) is 5. The quantitative estimate of drug-likeness (QED) is 0.474. The van der Waals surface area contributed by atoms with Crippen LogP contribution in [0.1, 0.15) is 11.7 Å². The van der Waals surface area contributed by atoms with E-state index in [0.717, 1.165) is 0 Å². The lowest BCUT2D eigenvalue weighted by molar-refractivity contribution is -0.0223. The van der Waals surface area contributed by atoms with Gasteiger partial charge in [-0.05, 0) is 5.38 Å². The fourth-order valence-corrected chi connectivity index (χ4v) is 3.27. The number of aliphatic hydroxyl groups is 3. The predicted molar refractivity (Wildman–Crippen MR) is 73.0 cm³/mol. The average Bonchev–Trinajstić information content (AvgIpc) is 2.93. The summed E-state index contributed by atoms with van der Waals surface area (Å²) >= 11 is 1.31. The Morgan fingerprint density at radius 2 is 2.00 bits per heavy atom. The molecule has 2 aromatic heterocycles. The number of nitrogens with zero attached hydrogens (tertiary/aromatic N) is 2. The molecule has 3 heterocycles. The molecule has 0 amide bonds. The maximum atomic E-state index is 10.0. The summed E-state index contributed by atoms with van der Waals surface area (Å²) in [5.74, 6) is 0.289. The molecule has 0 spiro atoms. The Hall–Kier alpha value is -1.52. The second-order valence-electron chi connectivity index (χ2n) is 4.59. The molecule has 1 fully saturated rings. The molecule has 0 radical (unpaired) electrons. The molecule has 3 rings (SSSR count). The number of fused-ring (bicyclic) bond motifs is 1. The third-order valence-electron chi connectivity index (χ3n) is 3.34. The first-order valence-corrected chi connectivity index (χ1v) is 6.83. The lowest BCUT2D eigenvalue weighted by Gasteiger charge is -2.13. The summed E-state index contributed by atoms with van der Waals surface area (Å²) in [5, 5.41) is 30.7. The van der Waals surface area contributed by atoms with Crippen molar-refractivity contribution in [1.29, 1.82) is 0 Å². The normalized spacial score (nSPS) is 30.1. The van der Waals surface area contributed by atoms with Crippen LogP contribution in [-0.2, 0) is 4.74 Å². The largest absolute Gasteiger partial charge is 0.394 e. The molecule has 1 saturated heterocycles. The number of thiophene rings is 1. The summed E-state index contributed by atoms with van der Waals surface area (Å²) in [6, 6.07) is 0. The van der Waals surface area contributed by atoms with Crippen molar-refractivity contribution < 1.29 is 20.1 Å². The zero-order chi connectivity index (χ0) is 14.4. The van der Waals surface area contributed by atoms with Gasteiger partial charge in [-0.2, -0.15) is 4.98 Å². The molecule has 0 saturated carbocycles. The summed E-state index contributed by atoms with van der Waals surface area (Å²) in [6.07, 6.45) is -3.93. The van der Waals surface area contributed by atoms with Crippen LogP contribution in [0.2, 0.25) is 0 Å². The zero-order valence-corrected chi connectivity index (χ0v) is 11.1. The van der Waals surface area contributed by atoms with E-state index in [2.05, 4.69) is 9.97 Å². The van der Waals surface area contributed by atoms with Crippen LogP contribution >= 0.6 is 11.3 Å². The van der Waals surface area contributed by atoms with Gasteiger partial charge in [0.25, 0.3) is 0 Å². The molecule has 1 aliphatic rings. The van der Waals surface area contributed by atoms with Crippen molar-refractivity contribution in [3.8, 4) is 0 Å². The molecule has 7 N–H and O–H groups in total. The number of anilines is 2. The van der Waals surface area contributed by atoms with Gasteiger partial charge < -0.3 is 31.5 Å². The van der Waals surface area contributed by atoms with Crippen LogP contribution in [0.3, 0.4) is 0 Å². The Kier molecular flexibility index (Phi) is 3.22. The molecule has 0 unspecified atom stereocenters. The average molecular weight is 298 g/mol. The van der Waals surface area contributed by atoms with Gasteiger partial charge in [0.15, 0.2) is 0 Å². The highest BCUT2D eigenvalue weighted by Gasteiger charge is 2.44. The minimum atomic E-state index is -1.16. The molecule has 108 valence electrons. The van der Waals surface area contributed by atoms with E-state index in [-0.39, 0.29) is 18.4 Å². The second-order valence-corrected chi connectivity index (χ2v) is 5.47. The SMILES string of the molecule is Nc1nc(N)c2scc([C@@H]3O[C@H](CO)[C@@H](O)[C@H]3O)c2n1. The summed E-state index contributed by atoms with van der Waals surface area (Å²) < 4.78 is 6.13. The lowest BCUT2D eigenvalue weighted by Crippen LogP contribution is -2.32. The minimum absolute atomic E-state index is 0.0291. The standard InChI is InChI=1S/C11H14N4O4S/c12-10-9-5(14-11(13)15-10)3(2-20-9)8-7(18)6(17)4(1-16)19-8/h2,4,6-8,16-18H,1H2,(H4,12,13,14,15)/t4-,6-,7-,8+/m1/s1. The Balaban J connectivity index is 2.07. The van der Waals surface area contributed by atoms with Gasteiger partial charge in [0.05, 0.1) is 16.8 Å². The Morgan fingerprint density at radius 3 is 2.65 bits per heavy atom.